The van der Waals surface area contributed by atoms with E-state index in [1.165, 1.54) is 4.31 Å². The number of esters is 1. The SMILES string of the molecule is CCCOc1ccccc1OC(=O)C1CCN(S(=O)(=O)c2ccc(F)c(F)c2)CC1. The summed E-state index contributed by atoms with van der Waals surface area (Å²) in [6.45, 7) is 2.62. The second-order valence-electron chi connectivity index (χ2n) is 6.97. The molecule has 9 heteroatoms. The molecule has 0 atom stereocenters. The van der Waals surface area contributed by atoms with Crippen molar-refractivity contribution in [1.82, 2.24) is 4.31 Å². The van der Waals surface area contributed by atoms with Gasteiger partial charge in [-0.25, -0.2) is 17.2 Å². The average molecular weight is 439 g/mol. The molecule has 0 aliphatic carbocycles. The summed E-state index contributed by atoms with van der Waals surface area (Å²) >= 11 is 0. The van der Waals surface area contributed by atoms with Gasteiger partial charge in [0.05, 0.1) is 17.4 Å². The van der Waals surface area contributed by atoms with Crippen molar-refractivity contribution in [2.45, 2.75) is 31.1 Å². The Morgan fingerprint density at radius 1 is 1.07 bits per heavy atom. The molecule has 2 aromatic carbocycles. The van der Waals surface area contributed by atoms with E-state index in [9.17, 15) is 22.0 Å². The quantitative estimate of drug-likeness (QED) is 0.485. The molecule has 0 saturated carbocycles. The fraction of sp³-hybridized carbons (Fsp3) is 0.381. The summed E-state index contributed by atoms with van der Waals surface area (Å²) in [5.74, 6) is -2.45. The molecule has 0 N–H and O–H groups in total. The molecule has 0 unspecified atom stereocenters. The summed E-state index contributed by atoms with van der Waals surface area (Å²) < 4.78 is 64.1. The Kier molecular flexibility index (Phi) is 7.04. The van der Waals surface area contributed by atoms with Crippen molar-refractivity contribution >= 4 is 16.0 Å². The summed E-state index contributed by atoms with van der Waals surface area (Å²) in [5, 5.41) is 0. The standard InChI is InChI=1S/C21H23F2NO5S/c1-2-13-28-19-5-3-4-6-20(19)29-21(25)15-9-11-24(12-10-15)30(26,27)16-7-8-17(22)18(23)14-16/h3-8,14-15H,2,9-13H2,1H3. The molecular formula is C21H23F2NO5S. The van der Waals surface area contributed by atoms with Gasteiger partial charge in [0.1, 0.15) is 0 Å². The largest absolute Gasteiger partial charge is 0.490 e. The number of halogens is 2. The Labute approximate surface area is 174 Å². The molecule has 6 nitrogen and oxygen atoms in total. The highest BCUT2D eigenvalue weighted by Crippen LogP contribution is 2.30. The molecule has 162 valence electrons. The third-order valence-corrected chi connectivity index (χ3v) is 6.73. The van der Waals surface area contributed by atoms with Crippen LogP contribution in [0.15, 0.2) is 47.4 Å². The van der Waals surface area contributed by atoms with Crippen molar-refractivity contribution in [2.24, 2.45) is 5.92 Å². The molecule has 1 aliphatic rings. The predicted octanol–water partition coefficient (Wildman–Crippen LogP) is 3.76. The lowest BCUT2D eigenvalue weighted by molar-refractivity contribution is -0.140. The highest BCUT2D eigenvalue weighted by molar-refractivity contribution is 7.89. The molecule has 30 heavy (non-hydrogen) atoms. The van der Waals surface area contributed by atoms with Gasteiger partial charge in [-0.2, -0.15) is 4.31 Å². The van der Waals surface area contributed by atoms with Gasteiger partial charge in [-0.3, -0.25) is 4.79 Å². The third kappa shape index (κ3) is 4.96. The maximum atomic E-state index is 13.4. The van der Waals surface area contributed by atoms with Crippen LogP contribution in [-0.4, -0.2) is 38.4 Å². The molecule has 0 bridgehead atoms. The van der Waals surface area contributed by atoms with Crippen molar-refractivity contribution in [3.63, 3.8) is 0 Å². The molecule has 1 fully saturated rings. The number of hydrogen-bond acceptors (Lipinski definition) is 5. The van der Waals surface area contributed by atoms with Gasteiger partial charge in [-0.15, -0.1) is 0 Å². The zero-order chi connectivity index (χ0) is 21.7. The van der Waals surface area contributed by atoms with E-state index in [-0.39, 0.29) is 30.8 Å². The molecule has 2 aromatic rings. The number of benzene rings is 2. The van der Waals surface area contributed by atoms with E-state index in [2.05, 4.69) is 0 Å². The van der Waals surface area contributed by atoms with Crippen molar-refractivity contribution in [3.8, 4) is 11.5 Å². The molecule has 0 spiro atoms. The third-order valence-electron chi connectivity index (χ3n) is 4.84. The van der Waals surface area contributed by atoms with E-state index < -0.39 is 33.5 Å². The van der Waals surface area contributed by atoms with Crippen LogP contribution in [0, 0.1) is 17.6 Å². The number of hydrogen-bond donors (Lipinski definition) is 0. The zero-order valence-corrected chi connectivity index (χ0v) is 17.3. The predicted molar refractivity (Wildman–Crippen MR) is 106 cm³/mol. The smallest absolute Gasteiger partial charge is 0.314 e. The first kappa shape index (κ1) is 22.2. The van der Waals surface area contributed by atoms with Crippen LogP contribution in [0.1, 0.15) is 26.2 Å². The van der Waals surface area contributed by atoms with Crippen molar-refractivity contribution < 1.29 is 31.5 Å². The van der Waals surface area contributed by atoms with Crippen LogP contribution in [0.25, 0.3) is 0 Å². The van der Waals surface area contributed by atoms with Crippen molar-refractivity contribution in [2.75, 3.05) is 19.7 Å². The van der Waals surface area contributed by atoms with Gasteiger partial charge in [-0.05, 0) is 49.6 Å². The number of piperidine rings is 1. The van der Waals surface area contributed by atoms with Gasteiger partial charge in [0, 0.05) is 13.1 Å². The minimum Gasteiger partial charge on any atom is -0.490 e. The Morgan fingerprint density at radius 3 is 2.37 bits per heavy atom. The van der Waals surface area contributed by atoms with E-state index in [0.717, 1.165) is 18.6 Å². The molecule has 3 rings (SSSR count). The fourth-order valence-electron chi connectivity index (χ4n) is 3.18. The highest BCUT2D eigenvalue weighted by atomic mass is 32.2. The molecule has 1 heterocycles. The summed E-state index contributed by atoms with van der Waals surface area (Å²) in [6, 6.07) is 9.35. The Hall–Kier alpha value is -2.52. The van der Waals surface area contributed by atoms with Crippen LogP contribution in [0.2, 0.25) is 0 Å². The molecule has 1 saturated heterocycles. The number of para-hydroxylation sites is 2. The summed E-state index contributed by atoms with van der Waals surface area (Å²) in [4.78, 5) is 12.2. The number of carbonyl (C=O) groups is 1. The lowest BCUT2D eigenvalue weighted by Crippen LogP contribution is -2.41. The number of rotatable bonds is 7. The molecule has 0 radical (unpaired) electrons. The Morgan fingerprint density at radius 2 is 1.73 bits per heavy atom. The van der Waals surface area contributed by atoms with Gasteiger partial charge < -0.3 is 9.47 Å². The first-order valence-corrected chi connectivity index (χ1v) is 11.2. The second kappa shape index (κ2) is 9.53. The van der Waals surface area contributed by atoms with Gasteiger partial charge >= 0.3 is 5.97 Å². The minimum absolute atomic E-state index is 0.0784. The normalized spacial score (nSPS) is 15.7. The fourth-order valence-corrected chi connectivity index (χ4v) is 4.66. The summed E-state index contributed by atoms with van der Waals surface area (Å²) in [7, 11) is -3.97. The van der Waals surface area contributed by atoms with Crippen LogP contribution in [-0.2, 0) is 14.8 Å². The van der Waals surface area contributed by atoms with Crippen LogP contribution < -0.4 is 9.47 Å². The zero-order valence-electron chi connectivity index (χ0n) is 16.5. The monoisotopic (exact) mass is 439 g/mol. The van der Waals surface area contributed by atoms with Crippen molar-refractivity contribution in [3.05, 3.63) is 54.1 Å². The van der Waals surface area contributed by atoms with Crippen LogP contribution in [0.4, 0.5) is 8.78 Å². The number of sulfonamides is 1. The van der Waals surface area contributed by atoms with Crippen LogP contribution in [0.5, 0.6) is 11.5 Å². The Bertz CT molecular complexity index is 1000. The first-order chi connectivity index (χ1) is 14.3. The van der Waals surface area contributed by atoms with E-state index in [0.29, 0.717) is 24.2 Å². The first-order valence-electron chi connectivity index (χ1n) is 9.71. The minimum atomic E-state index is -3.97. The lowest BCUT2D eigenvalue weighted by atomic mass is 9.98. The second-order valence-corrected chi connectivity index (χ2v) is 8.91. The Balaban J connectivity index is 1.63. The lowest BCUT2D eigenvalue weighted by Gasteiger charge is -2.30. The van der Waals surface area contributed by atoms with E-state index in [1.54, 1.807) is 24.3 Å². The summed E-state index contributed by atoms with van der Waals surface area (Å²) in [6.07, 6.45) is 1.34. The molecular weight excluding hydrogens is 416 g/mol. The maximum absolute atomic E-state index is 13.4. The topological polar surface area (TPSA) is 72.9 Å². The number of carbonyl (C=O) groups excluding carboxylic acids is 1. The van der Waals surface area contributed by atoms with Gasteiger partial charge in [-0.1, -0.05) is 19.1 Å². The van der Waals surface area contributed by atoms with Crippen LogP contribution >= 0.6 is 0 Å². The van der Waals surface area contributed by atoms with Gasteiger partial charge in [0.2, 0.25) is 10.0 Å². The van der Waals surface area contributed by atoms with Gasteiger partial charge in [0.25, 0.3) is 0 Å². The number of ether oxygens (including phenoxy) is 2. The van der Waals surface area contributed by atoms with Crippen LogP contribution in [0.3, 0.4) is 0 Å². The number of nitrogens with zero attached hydrogens (tertiary/aromatic N) is 1. The maximum Gasteiger partial charge on any atom is 0.314 e. The summed E-state index contributed by atoms with van der Waals surface area (Å²) in [5.41, 5.74) is 0. The van der Waals surface area contributed by atoms with E-state index in [1.807, 2.05) is 6.92 Å². The molecule has 0 aromatic heterocycles. The van der Waals surface area contributed by atoms with Crippen molar-refractivity contribution in [1.29, 1.82) is 0 Å². The van der Waals surface area contributed by atoms with E-state index >= 15 is 0 Å². The molecule has 0 amide bonds. The highest BCUT2D eigenvalue weighted by Gasteiger charge is 2.33. The van der Waals surface area contributed by atoms with E-state index in [4.69, 9.17) is 9.47 Å². The average Bonchev–Trinajstić information content (AvgIpc) is 2.75. The molecule has 1 aliphatic heterocycles. The van der Waals surface area contributed by atoms with Gasteiger partial charge in [0.15, 0.2) is 23.1 Å².